The van der Waals surface area contributed by atoms with Crippen molar-refractivity contribution < 1.29 is 17.9 Å². The summed E-state index contributed by atoms with van der Waals surface area (Å²) in [5.41, 5.74) is 6.16. The first kappa shape index (κ1) is 15.9. The largest absolute Gasteiger partial charge is 0.465 e. The molecule has 3 N–H and O–H groups in total. The molecule has 1 saturated carbocycles. The Balaban J connectivity index is 2.21. The summed E-state index contributed by atoms with van der Waals surface area (Å²) in [4.78, 5) is 11.5. The second-order valence-corrected chi connectivity index (χ2v) is 6.91. The molecule has 2 rings (SSSR count). The Bertz CT molecular complexity index is 615. The molecule has 7 heteroatoms. The highest BCUT2D eigenvalue weighted by atomic mass is 32.2. The summed E-state index contributed by atoms with van der Waals surface area (Å²) in [6.07, 6.45) is 3.53. The highest BCUT2D eigenvalue weighted by Crippen LogP contribution is 2.20. The lowest BCUT2D eigenvalue weighted by Crippen LogP contribution is -2.49. The average Bonchev–Trinajstić information content (AvgIpc) is 2.49. The van der Waals surface area contributed by atoms with Crippen LogP contribution in [-0.4, -0.2) is 33.6 Å². The van der Waals surface area contributed by atoms with Crippen LogP contribution in [0.4, 0.5) is 0 Å². The fraction of sp³-hybridized carbons (Fsp3) is 0.500. The molecule has 21 heavy (non-hydrogen) atoms. The molecule has 6 nitrogen and oxygen atoms in total. The van der Waals surface area contributed by atoms with Gasteiger partial charge in [-0.15, -0.1) is 0 Å². The summed E-state index contributed by atoms with van der Waals surface area (Å²) < 4.78 is 32.0. The Hall–Kier alpha value is -1.44. The second kappa shape index (κ2) is 6.55. The van der Waals surface area contributed by atoms with E-state index in [0.717, 1.165) is 25.7 Å². The number of ether oxygens (including phenoxy) is 1. The number of hydrogen-bond acceptors (Lipinski definition) is 5. The normalized spacial score (nSPS) is 22.8. The van der Waals surface area contributed by atoms with Crippen LogP contribution < -0.4 is 10.5 Å². The topological polar surface area (TPSA) is 98.5 Å². The molecule has 1 aliphatic carbocycles. The van der Waals surface area contributed by atoms with Crippen LogP contribution in [0.5, 0.6) is 0 Å². The second-order valence-electron chi connectivity index (χ2n) is 5.20. The highest BCUT2D eigenvalue weighted by molar-refractivity contribution is 7.89. The van der Waals surface area contributed by atoms with Crippen LogP contribution >= 0.6 is 0 Å². The molecule has 0 saturated heterocycles. The first-order valence-corrected chi connectivity index (χ1v) is 8.38. The summed E-state index contributed by atoms with van der Waals surface area (Å²) >= 11 is 0. The molecule has 1 aliphatic rings. The van der Waals surface area contributed by atoms with E-state index in [0.29, 0.717) is 0 Å². The molecule has 0 amide bonds. The maximum atomic E-state index is 12.4. The van der Waals surface area contributed by atoms with Crippen molar-refractivity contribution in [3.05, 3.63) is 29.8 Å². The molecule has 0 aromatic heterocycles. The molecule has 0 bridgehead atoms. The fourth-order valence-electron chi connectivity index (χ4n) is 2.48. The van der Waals surface area contributed by atoms with Crippen LogP contribution in [0.2, 0.25) is 0 Å². The molecule has 0 heterocycles. The van der Waals surface area contributed by atoms with Crippen molar-refractivity contribution in [1.82, 2.24) is 4.72 Å². The van der Waals surface area contributed by atoms with E-state index in [1.54, 1.807) is 0 Å². The van der Waals surface area contributed by atoms with Crippen molar-refractivity contribution in [2.24, 2.45) is 5.73 Å². The lowest BCUT2D eigenvalue weighted by molar-refractivity contribution is 0.0600. The number of nitrogens with one attached hydrogen (secondary N) is 1. The zero-order valence-electron chi connectivity index (χ0n) is 11.9. The van der Waals surface area contributed by atoms with Crippen LogP contribution in [0, 0.1) is 0 Å². The van der Waals surface area contributed by atoms with Gasteiger partial charge in [-0.05, 0) is 31.0 Å². The van der Waals surface area contributed by atoms with Gasteiger partial charge in [-0.3, -0.25) is 0 Å². The number of rotatable bonds is 4. The van der Waals surface area contributed by atoms with Gasteiger partial charge >= 0.3 is 5.97 Å². The molecule has 1 fully saturated rings. The van der Waals surface area contributed by atoms with E-state index in [9.17, 15) is 13.2 Å². The predicted octanol–water partition coefficient (Wildman–Crippen LogP) is 1.02. The van der Waals surface area contributed by atoms with Crippen molar-refractivity contribution in [2.45, 2.75) is 42.7 Å². The van der Waals surface area contributed by atoms with Crippen molar-refractivity contribution >= 4 is 16.0 Å². The van der Waals surface area contributed by atoms with Crippen LogP contribution in [-0.2, 0) is 14.8 Å². The van der Waals surface area contributed by atoms with Gasteiger partial charge in [0.1, 0.15) is 0 Å². The molecular formula is C14H20N2O4S. The number of sulfonamides is 1. The maximum Gasteiger partial charge on any atom is 0.337 e. The molecule has 2 unspecified atom stereocenters. The number of carbonyl (C=O) groups excluding carboxylic acids is 1. The van der Waals surface area contributed by atoms with Gasteiger partial charge in [0.2, 0.25) is 10.0 Å². The standard InChI is InChI=1S/C14H20N2O4S/c1-20-14(17)10-5-4-6-11(9-10)21(18,19)16-13-8-3-2-7-12(13)15/h4-6,9,12-13,16H,2-3,7-8,15H2,1H3. The third kappa shape index (κ3) is 3.81. The van der Waals surface area contributed by atoms with E-state index in [4.69, 9.17) is 5.73 Å². The smallest absolute Gasteiger partial charge is 0.337 e. The molecule has 0 spiro atoms. The van der Waals surface area contributed by atoms with Crippen molar-refractivity contribution in [3.63, 3.8) is 0 Å². The maximum absolute atomic E-state index is 12.4. The molecule has 1 aromatic carbocycles. The molecular weight excluding hydrogens is 292 g/mol. The quantitative estimate of drug-likeness (QED) is 0.809. The summed E-state index contributed by atoms with van der Waals surface area (Å²) in [5.74, 6) is -0.568. The van der Waals surface area contributed by atoms with E-state index in [2.05, 4.69) is 9.46 Å². The minimum atomic E-state index is -3.69. The van der Waals surface area contributed by atoms with Gasteiger partial charge in [-0.25, -0.2) is 17.9 Å². The minimum Gasteiger partial charge on any atom is -0.465 e. The van der Waals surface area contributed by atoms with Crippen molar-refractivity contribution in [2.75, 3.05) is 7.11 Å². The molecule has 0 aliphatic heterocycles. The Morgan fingerprint density at radius 2 is 2.05 bits per heavy atom. The summed E-state index contributed by atoms with van der Waals surface area (Å²) in [5, 5.41) is 0. The van der Waals surface area contributed by atoms with Gasteiger partial charge in [0.15, 0.2) is 0 Å². The van der Waals surface area contributed by atoms with E-state index in [-0.39, 0.29) is 22.5 Å². The van der Waals surface area contributed by atoms with Gasteiger partial charge < -0.3 is 10.5 Å². The van der Waals surface area contributed by atoms with E-state index >= 15 is 0 Å². The number of benzene rings is 1. The number of esters is 1. The Kier molecular flexibility index (Phi) is 4.97. The molecule has 0 radical (unpaired) electrons. The molecule has 2 atom stereocenters. The number of carbonyl (C=O) groups is 1. The van der Waals surface area contributed by atoms with Gasteiger partial charge in [-0.1, -0.05) is 18.9 Å². The Labute approximate surface area is 124 Å². The van der Waals surface area contributed by atoms with E-state index < -0.39 is 16.0 Å². The van der Waals surface area contributed by atoms with Crippen LogP contribution in [0.15, 0.2) is 29.2 Å². The summed E-state index contributed by atoms with van der Waals surface area (Å²) in [6, 6.07) is 5.35. The first-order chi connectivity index (χ1) is 9.94. The minimum absolute atomic E-state index is 0.0446. The lowest BCUT2D eigenvalue weighted by Gasteiger charge is -2.29. The van der Waals surface area contributed by atoms with Crippen LogP contribution in [0.1, 0.15) is 36.0 Å². The molecule has 1 aromatic rings. The summed E-state index contributed by atoms with van der Waals surface area (Å²) in [7, 11) is -2.44. The predicted molar refractivity (Wildman–Crippen MR) is 78.3 cm³/mol. The van der Waals surface area contributed by atoms with Crippen LogP contribution in [0.25, 0.3) is 0 Å². The highest BCUT2D eigenvalue weighted by Gasteiger charge is 2.27. The summed E-state index contributed by atoms with van der Waals surface area (Å²) in [6.45, 7) is 0. The van der Waals surface area contributed by atoms with Crippen LogP contribution in [0.3, 0.4) is 0 Å². The Morgan fingerprint density at radius 1 is 1.33 bits per heavy atom. The number of nitrogens with two attached hydrogens (primary N) is 1. The van der Waals surface area contributed by atoms with Crippen molar-refractivity contribution in [3.8, 4) is 0 Å². The first-order valence-electron chi connectivity index (χ1n) is 6.90. The van der Waals surface area contributed by atoms with Gasteiger partial charge in [0.05, 0.1) is 17.6 Å². The zero-order valence-corrected chi connectivity index (χ0v) is 12.7. The van der Waals surface area contributed by atoms with Gasteiger partial charge in [0.25, 0.3) is 0 Å². The Morgan fingerprint density at radius 3 is 2.71 bits per heavy atom. The third-order valence-corrected chi connectivity index (χ3v) is 5.18. The van der Waals surface area contributed by atoms with E-state index in [1.807, 2.05) is 0 Å². The fourth-order valence-corrected chi connectivity index (χ4v) is 3.85. The zero-order chi connectivity index (χ0) is 15.5. The van der Waals surface area contributed by atoms with Crippen molar-refractivity contribution in [1.29, 1.82) is 0 Å². The molecule has 116 valence electrons. The number of methoxy groups -OCH3 is 1. The monoisotopic (exact) mass is 312 g/mol. The number of hydrogen-bond donors (Lipinski definition) is 2. The van der Waals surface area contributed by atoms with Gasteiger partial charge in [-0.2, -0.15) is 0 Å². The van der Waals surface area contributed by atoms with Gasteiger partial charge in [0, 0.05) is 12.1 Å². The van der Waals surface area contributed by atoms with E-state index in [1.165, 1.54) is 31.4 Å². The lowest BCUT2D eigenvalue weighted by atomic mass is 9.92. The third-order valence-electron chi connectivity index (χ3n) is 3.69. The average molecular weight is 312 g/mol. The SMILES string of the molecule is COC(=O)c1cccc(S(=O)(=O)NC2CCCCC2N)c1.